The van der Waals surface area contributed by atoms with Crippen LogP contribution in [0.2, 0.25) is 0 Å². The molecule has 0 aliphatic rings. The normalized spacial score (nSPS) is 10.7. The summed E-state index contributed by atoms with van der Waals surface area (Å²) in [6, 6.07) is 25.5. The van der Waals surface area contributed by atoms with E-state index in [1.165, 1.54) is 11.1 Å². The summed E-state index contributed by atoms with van der Waals surface area (Å²) < 4.78 is 5.48. The van der Waals surface area contributed by atoms with Gasteiger partial charge >= 0.3 is 0 Å². The number of hydrogen-bond donors (Lipinski definition) is 1. The largest absolute Gasteiger partial charge is 0.494 e. The van der Waals surface area contributed by atoms with Gasteiger partial charge in [-0.15, -0.1) is 0 Å². The Kier molecular flexibility index (Phi) is 6.82. The first-order chi connectivity index (χ1) is 13.6. The maximum Gasteiger partial charge on any atom is 0.255 e. The van der Waals surface area contributed by atoms with Gasteiger partial charge in [-0.05, 0) is 61.5 Å². The number of para-hydroxylation sites is 1. The van der Waals surface area contributed by atoms with Crippen molar-refractivity contribution in [3.8, 4) is 5.75 Å². The lowest BCUT2D eigenvalue weighted by Gasteiger charge is -2.17. The molecule has 4 nitrogen and oxygen atoms in total. The molecule has 3 aromatic carbocycles. The summed E-state index contributed by atoms with van der Waals surface area (Å²) >= 11 is 0. The Bertz CT molecular complexity index is 875. The van der Waals surface area contributed by atoms with Gasteiger partial charge in [0.25, 0.3) is 5.91 Å². The summed E-state index contributed by atoms with van der Waals surface area (Å²) in [5.74, 6) is 0.804. The van der Waals surface area contributed by atoms with Crippen LogP contribution in [0.1, 0.15) is 28.4 Å². The first kappa shape index (κ1) is 19.6. The van der Waals surface area contributed by atoms with Crippen LogP contribution in [-0.2, 0) is 13.1 Å². The molecule has 0 bridgehead atoms. The van der Waals surface area contributed by atoms with Crippen LogP contribution in [0.5, 0.6) is 5.75 Å². The quantitative estimate of drug-likeness (QED) is 0.605. The van der Waals surface area contributed by atoms with Gasteiger partial charge in [0.2, 0.25) is 0 Å². The molecule has 1 amide bonds. The minimum atomic E-state index is -0.0968. The maximum atomic E-state index is 12.3. The van der Waals surface area contributed by atoms with Gasteiger partial charge in [-0.2, -0.15) is 0 Å². The monoisotopic (exact) mass is 374 g/mol. The third-order valence-corrected chi connectivity index (χ3v) is 4.39. The van der Waals surface area contributed by atoms with Crippen molar-refractivity contribution in [3.63, 3.8) is 0 Å². The second-order valence-electron chi connectivity index (χ2n) is 6.77. The van der Waals surface area contributed by atoms with Crippen LogP contribution in [0.15, 0.2) is 78.9 Å². The minimum Gasteiger partial charge on any atom is -0.494 e. The summed E-state index contributed by atoms with van der Waals surface area (Å²) in [4.78, 5) is 14.6. The highest BCUT2D eigenvalue weighted by Crippen LogP contribution is 2.15. The van der Waals surface area contributed by atoms with Gasteiger partial charge in [0.15, 0.2) is 0 Å². The molecular formula is C24H26N2O2. The third kappa shape index (κ3) is 5.69. The van der Waals surface area contributed by atoms with Crippen molar-refractivity contribution in [3.05, 3.63) is 95.6 Å². The van der Waals surface area contributed by atoms with Gasteiger partial charge < -0.3 is 10.1 Å². The summed E-state index contributed by atoms with van der Waals surface area (Å²) in [6.07, 6.45) is 0. The van der Waals surface area contributed by atoms with Gasteiger partial charge in [-0.25, -0.2) is 0 Å². The first-order valence-electron chi connectivity index (χ1n) is 9.49. The molecule has 0 aromatic heterocycles. The molecule has 1 N–H and O–H groups in total. The van der Waals surface area contributed by atoms with Crippen LogP contribution >= 0.6 is 0 Å². The smallest absolute Gasteiger partial charge is 0.255 e. The Morgan fingerprint density at radius 3 is 2.00 bits per heavy atom. The van der Waals surface area contributed by atoms with E-state index in [-0.39, 0.29) is 5.91 Å². The molecule has 0 aliphatic carbocycles. The fraction of sp³-hybridized carbons (Fsp3) is 0.208. The van der Waals surface area contributed by atoms with E-state index in [1.54, 1.807) is 0 Å². The molecule has 28 heavy (non-hydrogen) atoms. The molecule has 0 saturated carbocycles. The Morgan fingerprint density at radius 2 is 1.43 bits per heavy atom. The van der Waals surface area contributed by atoms with E-state index >= 15 is 0 Å². The van der Waals surface area contributed by atoms with Crippen LogP contribution in [0.4, 0.5) is 5.69 Å². The molecule has 0 atom stereocenters. The fourth-order valence-electron chi connectivity index (χ4n) is 3.02. The Labute approximate surface area is 166 Å². The SMILES string of the molecule is CCOc1ccc(CN(C)Cc2ccc(C(=O)Nc3ccccc3)cc2)cc1. The van der Waals surface area contributed by atoms with E-state index in [9.17, 15) is 4.79 Å². The number of amides is 1. The molecule has 0 unspecified atom stereocenters. The predicted molar refractivity (Wildman–Crippen MR) is 114 cm³/mol. The predicted octanol–water partition coefficient (Wildman–Crippen LogP) is 4.97. The Balaban J connectivity index is 1.53. The number of anilines is 1. The van der Waals surface area contributed by atoms with Gasteiger partial charge in [-0.1, -0.05) is 42.5 Å². The van der Waals surface area contributed by atoms with Crippen LogP contribution in [0.25, 0.3) is 0 Å². The van der Waals surface area contributed by atoms with Crippen LogP contribution < -0.4 is 10.1 Å². The molecule has 4 heteroatoms. The van der Waals surface area contributed by atoms with Gasteiger partial charge in [0, 0.05) is 24.3 Å². The average Bonchev–Trinajstić information content (AvgIpc) is 2.71. The number of benzene rings is 3. The standard InChI is InChI=1S/C24H26N2O2/c1-3-28-23-15-11-20(12-16-23)18-26(2)17-19-9-13-21(14-10-19)24(27)25-22-7-5-4-6-8-22/h4-16H,3,17-18H2,1-2H3,(H,25,27). The molecule has 0 aliphatic heterocycles. The molecule has 0 heterocycles. The van der Waals surface area contributed by atoms with Crippen molar-refractivity contribution in [1.29, 1.82) is 0 Å². The summed E-state index contributed by atoms with van der Waals surface area (Å²) in [5.41, 5.74) is 3.86. The Hall–Kier alpha value is -3.11. The molecule has 3 rings (SSSR count). The summed E-state index contributed by atoms with van der Waals surface area (Å²) in [6.45, 7) is 4.33. The van der Waals surface area contributed by atoms with Gasteiger partial charge in [0.1, 0.15) is 5.75 Å². The average molecular weight is 374 g/mol. The molecule has 0 radical (unpaired) electrons. The minimum absolute atomic E-state index is 0.0968. The number of ether oxygens (including phenoxy) is 1. The molecule has 3 aromatic rings. The number of carbonyl (C=O) groups excluding carboxylic acids is 1. The van der Waals surface area contributed by atoms with E-state index in [4.69, 9.17) is 4.74 Å². The number of rotatable bonds is 8. The number of nitrogens with zero attached hydrogens (tertiary/aromatic N) is 1. The summed E-state index contributed by atoms with van der Waals surface area (Å²) in [5, 5.41) is 2.91. The molecular weight excluding hydrogens is 348 g/mol. The van der Waals surface area contributed by atoms with E-state index in [0.29, 0.717) is 12.2 Å². The van der Waals surface area contributed by atoms with Crippen LogP contribution in [0, 0.1) is 0 Å². The van der Waals surface area contributed by atoms with E-state index < -0.39 is 0 Å². The number of nitrogens with one attached hydrogen (secondary N) is 1. The van der Waals surface area contributed by atoms with Crippen molar-refractivity contribution in [1.82, 2.24) is 4.90 Å². The lowest BCUT2D eigenvalue weighted by atomic mass is 10.1. The zero-order valence-corrected chi connectivity index (χ0v) is 16.4. The molecule has 0 fully saturated rings. The zero-order valence-electron chi connectivity index (χ0n) is 16.4. The first-order valence-corrected chi connectivity index (χ1v) is 9.49. The molecule has 0 saturated heterocycles. The van der Waals surface area contributed by atoms with E-state index in [0.717, 1.165) is 24.5 Å². The highest BCUT2D eigenvalue weighted by molar-refractivity contribution is 6.04. The lowest BCUT2D eigenvalue weighted by Crippen LogP contribution is -2.17. The Morgan fingerprint density at radius 1 is 0.857 bits per heavy atom. The molecule has 0 spiro atoms. The highest BCUT2D eigenvalue weighted by atomic mass is 16.5. The molecule has 144 valence electrons. The second kappa shape index (κ2) is 9.72. The highest BCUT2D eigenvalue weighted by Gasteiger charge is 2.07. The van der Waals surface area contributed by atoms with Crippen molar-refractivity contribution >= 4 is 11.6 Å². The van der Waals surface area contributed by atoms with Crippen molar-refractivity contribution in [2.24, 2.45) is 0 Å². The lowest BCUT2D eigenvalue weighted by molar-refractivity contribution is 0.102. The van der Waals surface area contributed by atoms with Crippen LogP contribution in [0.3, 0.4) is 0 Å². The van der Waals surface area contributed by atoms with Gasteiger partial charge in [0.05, 0.1) is 6.61 Å². The van der Waals surface area contributed by atoms with Crippen molar-refractivity contribution in [2.45, 2.75) is 20.0 Å². The van der Waals surface area contributed by atoms with E-state index in [1.807, 2.05) is 73.7 Å². The topological polar surface area (TPSA) is 41.6 Å². The fourth-order valence-corrected chi connectivity index (χ4v) is 3.02. The van der Waals surface area contributed by atoms with Crippen molar-refractivity contribution in [2.75, 3.05) is 19.0 Å². The van der Waals surface area contributed by atoms with Crippen molar-refractivity contribution < 1.29 is 9.53 Å². The zero-order chi connectivity index (χ0) is 19.8. The van der Waals surface area contributed by atoms with Gasteiger partial charge in [-0.3, -0.25) is 9.69 Å². The number of carbonyl (C=O) groups is 1. The summed E-state index contributed by atoms with van der Waals surface area (Å²) in [7, 11) is 2.09. The maximum absolute atomic E-state index is 12.3. The van der Waals surface area contributed by atoms with E-state index in [2.05, 4.69) is 29.4 Å². The second-order valence-corrected chi connectivity index (χ2v) is 6.77. The number of hydrogen-bond acceptors (Lipinski definition) is 3. The van der Waals surface area contributed by atoms with Crippen LogP contribution in [-0.4, -0.2) is 24.5 Å². The third-order valence-electron chi connectivity index (χ3n) is 4.39.